The van der Waals surface area contributed by atoms with E-state index in [1.54, 1.807) is 0 Å². The van der Waals surface area contributed by atoms with Crippen LogP contribution in [0.25, 0.3) is 11.0 Å². The zero-order valence-corrected chi connectivity index (χ0v) is 10.9. The molecule has 1 aliphatic carbocycles. The molecule has 3 rings (SSSR count). The topological polar surface area (TPSA) is 32.0 Å². The van der Waals surface area contributed by atoms with Crippen molar-refractivity contribution in [2.24, 2.45) is 12.0 Å². The molecule has 0 unspecified atom stereocenters. The van der Waals surface area contributed by atoms with Crippen LogP contribution in [-0.4, -0.2) is 17.2 Å². The number of fused-ring (bicyclic) bond motifs is 1. The second-order valence-electron chi connectivity index (χ2n) is 5.16. The molecule has 1 saturated carbocycles. The van der Waals surface area contributed by atoms with E-state index in [4.69, 9.17) is 4.99 Å². The Hall–Kier alpha value is -1.64. The molecule has 1 aliphatic rings. The van der Waals surface area contributed by atoms with Crippen molar-refractivity contribution in [3.8, 4) is 0 Å². The maximum Gasteiger partial charge on any atom is 0.298 e. The van der Waals surface area contributed by atoms with Crippen LogP contribution in [0, 0.1) is 0 Å². The molecule has 0 amide bonds. The molecule has 3 nitrogen and oxygen atoms in total. The first-order chi connectivity index (χ1) is 8.84. The van der Waals surface area contributed by atoms with Crippen LogP contribution in [-0.2, 0) is 7.05 Å². The number of aromatic amines is 1. The summed E-state index contributed by atoms with van der Waals surface area (Å²) in [5.74, 6) is 1.08. The van der Waals surface area contributed by atoms with Crippen molar-refractivity contribution in [2.45, 2.75) is 38.1 Å². The monoisotopic (exact) mass is 242 g/mol. The van der Waals surface area contributed by atoms with Gasteiger partial charge >= 0.3 is 0 Å². The van der Waals surface area contributed by atoms with Gasteiger partial charge in [-0.2, -0.15) is 0 Å². The summed E-state index contributed by atoms with van der Waals surface area (Å²) in [6.07, 6.45) is 8.56. The maximum absolute atomic E-state index is 4.73. The number of para-hydroxylation sites is 2. The third-order valence-electron chi connectivity index (χ3n) is 3.87. The van der Waals surface area contributed by atoms with Gasteiger partial charge in [-0.3, -0.25) is 4.99 Å². The molecule has 0 aliphatic heterocycles. The predicted octanol–water partition coefficient (Wildman–Crippen LogP) is 2.74. The minimum atomic E-state index is 0.533. The summed E-state index contributed by atoms with van der Waals surface area (Å²) in [5, 5.41) is 0. The molecule has 2 aromatic rings. The molecule has 0 spiro atoms. The Balaban J connectivity index is 1.85. The van der Waals surface area contributed by atoms with Gasteiger partial charge in [0, 0.05) is 0 Å². The highest BCUT2D eigenvalue weighted by Crippen LogP contribution is 2.20. The van der Waals surface area contributed by atoms with Crippen LogP contribution >= 0.6 is 0 Å². The first kappa shape index (κ1) is 11.5. The average Bonchev–Trinajstić information content (AvgIpc) is 2.75. The minimum Gasteiger partial charge on any atom is -0.281 e. The normalized spacial score (nSPS) is 17.8. The van der Waals surface area contributed by atoms with Crippen LogP contribution in [0.3, 0.4) is 0 Å². The summed E-state index contributed by atoms with van der Waals surface area (Å²) in [4.78, 5) is 8.15. The van der Waals surface area contributed by atoms with Crippen molar-refractivity contribution in [1.29, 1.82) is 0 Å². The number of H-pyrrole nitrogens is 1. The summed E-state index contributed by atoms with van der Waals surface area (Å²) in [5.41, 5.74) is 2.40. The van der Waals surface area contributed by atoms with Crippen molar-refractivity contribution < 1.29 is 4.57 Å². The molecule has 0 bridgehead atoms. The van der Waals surface area contributed by atoms with Crippen LogP contribution in [0.4, 0.5) is 0 Å². The number of nitrogens with one attached hydrogen (secondary N) is 1. The smallest absolute Gasteiger partial charge is 0.281 e. The van der Waals surface area contributed by atoms with Gasteiger partial charge in [-0.1, -0.05) is 31.4 Å². The van der Waals surface area contributed by atoms with Gasteiger partial charge in [0.15, 0.2) is 11.0 Å². The first-order valence-electron chi connectivity index (χ1n) is 6.84. The van der Waals surface area contributed by atoms with E-state index < -0.39 is 0 Å². The number of hydrogen-bond acceptors (Lipinski definition) is 1. The zero-order chi connectivity index (χ0) is 12.4. The van der Waals surface area contributed by atoms with Crippen LogP contribution in [0.1, 0.15) is 37.9 Å². The zero-order valence-electron chi connectivity index (χ0n) is 10.9. The van der Waals surface area contributed by atoms with Crippen molar-refractivity contribution in [3.05, 3.63) is 30.1 Å². The highest BCUT2D eigenvalue weighted by atomic mass is 15.1. The molecule has 0 saturated heterocycles. The van der Waals surface area contributed by atoms with Gasteiger partial charge in [0.25, 0.3) is 5.82 Å². The van der Waals surface area contributed by atoms with Crippen molar-refractivity contribution in [3.63, 3.8) is 0 Å². The number of aliphatic imine (C=N–C) groups is 1. The van der Waals surface area contributed by atoms with E-state index in [1.807, 2.05) is 6.21 Å². The van der Waals surface area contributed by atoms with Gasteiger partial charge in [-0.05, 0) is 25.0 Å². The lowest BCUT2D eigenvalue weighted by molar-refractivity contribution is -0.645. The van der Waals surface area contributed by atoms with E-state index in [0.717, 1.165) is 5.82 Å². The van der Waals surface area contributed by atoms with Gasteiger partial charge in [0.05, 0.1) is 13.1 Å². The number of imidazole rings is 1. The molecule has 94 valence electrons. The molecule has 1 aromatic carbocycles. The van der Waals surface area contributed by atoms with Crippen LogP contribution in [0.15, 0.2) is 29.3 Å². The van der Waals surface area contributed by atoms with Crippen molar-refractivity contribution in [2.75, 3.05) is 0 Å². The SMILES string of the molecule is C[n+]1c(C=NC2CCCCC2)[nH]c2ccccc21. The van der Waals surface area contributed by atoms with Gasteiger partial charge in [-0.15, -0.1) is 0 Å². The third kappa shape index (κ3) is 2.17. The second kappa shape index (κ2) is 4.92. The van der Waals surface area contributed by atoms with Gasteiger partial charge < -0.3 is 0 Å². The summed E-state index contributed by atoms with van der Waals surface area (Å²) >= 11 is 0. The predicted molar refractivity (Wildman–Crippen MR) is 73.9 cm³/mol. The molecular weight excluding hydrogens is 222 g/mol. The Labute approximate surface area is 108 Å². The lowest BCUT2D eigenvalue weighted by atomic mass is 9.96. The van der Waals surface area contributed by atoms with Crippen molar-refractivity contribution in [1.82, 2.24) is 4.98 Å². The van der Waals surface area contributed by atoms with Crippen LogP contribution < -0.4 is 4.57 Å². The molecule has 1 fully saturated rings. The number of hydrogen-bond donors (Lipinski definition) is 1. The van der Waals surface area contributed by atoms with Crippen LogP contribution in [0.5, 0.6) is 0 Å². The van der Waals surface area contributed by atoms with Gasteiger partial charge in [-0.25, -0.2) is 9.55 Å². The highest BCUT2D eigenvalue weighted by molar-refractivity contribution is 5.79. The van der Waals surface area contributed by atoms with Gasteiger partial charge in [0.1, 0.15) is 6.21 Å². The number of nitrogens with zero attached hydrogens (tertiary/aromatic N) is 2. The number of benzene rings is 1. The fourth-order valence-electron chi connectivity index (χ4n) is 2.75. The quantitative estimate of drug-likeness (QED) is 0.620. The Morgan fingerprint density at radius 1 is 1.22 bits per heavy atom. The average molecular weight is 242 g/mol. The fourth-order valence-corrected chi connectivity index (χ4v) is 2.75. The molecule has 3 heteroatoms. The summed E-state index contributed by atoms with van der Waals surface area (Å²) < 4.78 is 2.17. The van der Waals surface area contributed by atoms with E-state index >= 15 is 0 Å². The fraction of sp³-hybridized carbons (Fsp3) is 0.467. The molecule has 1 heterocycles. The standard InChI is InChI=1S/C15H19N3/c1-18-14-10-6-5-9-13(14)17-15(18)11-16-12-7-3-2-4-8-12/h5-6,9-12H,2-4,7-8H2,1H3/p+1. The molecule has 0 atom stereocenters. The second-order valence-corrected chi connectivity index (χ2v) is 5.16. The number of rotatable bonds is 2. The van der Waals surface area contributed by atoms with Crippen LogP contribution in [0.2, 0.25) is 0 Å². The van der Waals surface area contributed by atoms with E-state index in [0.29, 0.717) is 6.04 Å². The Bertz CT molecular complexity index is 562. The van der Waals surface area contributed by atoms with Crippen molar-refractivity contribution >= 4 is 17.2 Å². The summed E-state index contributed by atoms with van der Waals surface area (Å²) in [6.45, 7) is 0. The lowest BCUT2D eigenvalue weighted by Crippen LogP contribution is -2.31. The third-order valence-corrected chi connectivity index (χ3v) is 3.87. The Morgan fingerprint density at radius 3 is 2.78 bits per heavy atom. The molecule has 18 heavy (non-hydrogen) atoms. The first-order valence-corrected chi connectivity index (χ1v) is 6.84. The van der Waals surface area contributed by atoms with E-state index in [9.17, 15) is 0 Å². The molecule has 1 N–H and O–H groups in total. The van der Waals surface area contributed by atoms with E-state index in [1.165, 1.54) is 43.1 Å². The molecule has 1 aromatic heterocycles. The largest absolute Gasteiger partial charge is 0.298 e. The maximum atomic E-state index is 4.73. The summed E-state index contributed by atoms with van der Waals surface area (Å²) in [7, 11) is 2.08. The Morgan fingerprint density at radius 2 is 2.00 bits per heavy atom. The van der Waals surface area contributed by atoms with Gasteiger partial charge in [0.2, 0.25) is 0 Å². The minimum absolute atomic E-state index is 0.533. The highest BCUT2D eigenvalue weighted by Gasteiger charge is 2.14. The molecular formula is C15H20N3+. The van der Waals surface area contributed by atoms with E-state index in [2.05, 4.69) is 40.9 Å². The molecule has 0 radical (unpaired) electrons. The Kier molecular flexibility index (Phi) is 3.13. The van der Waals surface area contributed by atoms with E-state index in [-0.39, 0.29) is 0 Å². The summed E-state index contributed by atoms with van der Waals surface area (Å²) in [6, 6.07) is 8.89. The number of aryl methyl sites for hydroxylation is 1. The lowest BCUT2D eigenvalue weighted by Gasteiger charge is -2.16. The number of aromatic nitrogens is 2.